The first kappa shape index (κ1) is 13.3. The number of anilines is 1. The molecule has 0 unspecified atom stereocenters. The molecule has 1 rings (SSSR count). The van der Waals surface area contributed by atoms with E-state index < -0.39 is 17.4 Å². The minimum Gasteiger partial charge on any atom is -0.399 e. The Kier molecular flexibility index (Phi) is 3.63. The highest BCUT2D eigenvalue weighted by atomic mass is 35.5. The molecular formula is C11H14ClN3O2. The van der Waals surface area contributed by atoms with Crippen molar-refractivity contribution in [1.29, 1.82) is 0 Å². The van der Waals surface area contributed by atoms with E-state index in [1.165, 1.54) is 32.0 Å². The van der Waals surface area contributed by atoms with Crippen molar-refractivity contribution in [3.63, 3.8) is 0 Å². The van der Waals surface area contributed by atoms with E-state index >= 15 is 0 Å². The average Bonchev–Trinajstić information content (AvgIpc) is 2.15. The minimum absolute atomic E-state index is 0.282. The van der Waals surface area contributed by atoms with Crippen molar-refractivity contribution >= 4 is 29.1 Å². The lowest BCUT2D eigenvalue weighted by Gasteiger charge is -2.22. The summed E-state index contributed by atoms with van der Waals surface area (Å²) < 4.78 is 0. The van der Waals surface area contributed by atoms with Crippen LogP contribution in [-0.4, -0.2) is 17.4 Å². The summed E-state index contributed by atoms with van der Waals surface area (Å²) in [5, 5.41) is 2.85. The molecule has 1 aromatic carbocycles. The van der Waals surface area contributed by atoms with Crippen LogP contribution in [-0.2, 0) is 4.79 Å². The Morgan fingerprint density at radius 3 is 2.35 bits per heavy atom. The average molecular weight is 256 g/mol. The fourth-order valence-electron chi connectivity index (χ4n) is 1.16. The van der Waals surface area contributed by atoms with E-state index in [-0.39, 0.29) is 5.56 Å². The zero-order valence-electron chi connectivity index (χ0n) is 9.58. The predicted octanol–water partition coefficient (Wildman–Crippen LogP) is 0.916. The molecule has 0 saturated carbocycles. The van der Waals surface area contributed by atoms with Gasteiger partial charge in [-0.2, -0.15) is 0 Å². The van der Waals surface area contributed by atoms with Gasteiger partial charge in [-0.05, 0) is 32.0 Å². The van der Waals surface area contributed by atoms with Gasteiger partial charge in [0.15, 0.2) is 0 Å². The van der Waals surface area contributed by atoms with Gasteiger partial charge in [0, 0.05) is 16.3 Å². The van der Waals surface area contributed by atoms with E-state index in [2.05, 4.69) is 5.32 Å². The number of benzene rings is 1. The summed E-state index contributed by atoms with van der Waals surface area (Å²) in [6.07, 6.45) is 0. The number of amides is 2. The Hall–Kier alpha value is -1.75. The second kappa shape index (κ2) is 4.63. The maximum Gasteiger partial charge on any atom is 0.252 e. The summed E-state index contributed by atoms with van der Waals surface area (Å²) in [5.74, 6) is -1.08. The Labute approximate surface area is 104 Å². The summed E-state index contributed by atoms with van der Waals surface area (Å²) >= 11 is 5.78. The van der Waals surface area contributed by atoms with Crippen LogP contribution in [0.4, 0.5) is 5.69 Å². The molecule has 17 heavy (non-hydrogen) atoms. The van der Waals surface area contributed by atoms with Gasteiger partial charge in [-0.3, -0.25) is 9.59 Å². The van der Waals surface area contributed by atoms with Gasteiger partial charge in [-0.1, -0.05) is 11.6 Å². The van der Waals surface area contributed by atoms with Crippen LogP contribution in [0.2, 0.25) is 5.02 Å². The van der Waals surface area contributed by atoms with Crippen molar-refractivity contribution in [1.82, 2.24) is 5.32 Å². The molecule has 2 amide bonds. The summed E-state index contributed by atoms with van der Waals surface area (Å²) in [6, 6.07) is 4.46. The second-order valence-electron chi connectivity index (χ2n) is 4.22. The number of rotatable bonds is 3. The van der Waals surface area contributed by atoms with Crippen LogP contribution in [0.15, 0.2) is 18.2 Å². The summed E-state index contributed by atoms with van der Waals surface area (Å²) in [6.45, 7) is 3.03. The standard InChI is InChI=1S/C11H14ClN3O2/c1-11(2,10(14)17)15-9(16)6-3-7(12)5-8(13)4-6/h3-5H,13H2,1-2H3,(H2,14,17)(H,15,16). The van der Waals surface area contributed by atoms with Crippen molar-refractivity contribution in [2.45, 2.75) is 19.4 Å². The largest absolute Gasteiger partial charge is 0.399 e. The molecule has 5 nitrogen and oxygen atoms in total. The molecule has 0 fully saturated rings. The maximum absolute atomic E-state index is 11.8. The number of nitrogens with two attached hydrogens (primary N) is 2. The molecular weight excluding hydrogens is 242 g/mol. The molecule has 0 saturated heterocycles. The molecule has 0 aromatic heterocycles. The van der Waals surface area contributed by atoms with Crippen LogP contribution in [0.5, 0.6) is 0 Å². The Morgan fingerprint density at radius 2 is 1.88 bits per heavy atom. The van der Waals surface area contributed by atoms with Crippen LogP contribution >= 0.6 is 11.6 Å². The number of carbonyl (C=O) groups excluding carboxylic acids is 2. The van der Waals surface area contributed by atoms with Gasteiger partial charge in [0.05, 0.1) is 0 Å². The first-order chi connectivity index (χ1) is 7.72. The molecule has 0 aliphatic heterocycles. The lowest BCUT2D eigenvalue weighted by atomic mass is 10.0. The zero-order chi connectivity index (χ0) is 13.2. The summed E-state index contributed by atoms with van der Waals surface area (Å²) in [7, 11) is 0. The fraction of sp³-hybridized carbons (Fsp3) is 0.273. The number of hydrogen-bond acceptors (Lipinski definition) is 3. The molecule has 6 heteroatoms. The smallest absolute Gasteiger partial charge is 0.252 e. The lowest BCUT2D eigenvalue weighted by molar-refractivity contribution is -0.122. The van der Waals surface area contributed by atoms with Crippen molar-refractivity contribution in [3.8, 4) is 0 Å². The van der Waals surface area contributed by atoms with Crippen molar-refractivity contribution < 1.29 is 9.59 Å². The second-order valence-corrected chi connectivity index (χ2v) is 4.65. The third-order valence-corrected chi connectivity index (χ3v) is 2.44. The van der Waals surface area contributed by atoms with Gasteiger partial charge in [0.25, 0.3) is 5.91 Å². The van der Waals surface area contributed by atoms with E-state index in [0.29, 0.717) is 10.7 Å². The monoisotopic (exact) mass is 255 g/mol. The van der Waals surface area contributed by atoms with Crippen LogP contribution < -0.4 is 16.8 Å². The summed E-state index contributed by atoms with van der Waals surface area (Å²) in [5.41, 5.74) is 10.2. The van der Waals surface area contributed by atoms with Gasteiger partial charge in [0.1, 0.15) is 5.54 Å². The number of nitrogens with one attached hydrogen (secondary N) is 1. The van der Waals surface area contributed by atoms with Gasteiger partial charge >= 0.3 is 0 Å². The van der Waals surface area contributed by atoms with E-state index in [9.17, 15) is 9.59 Å². The Balaban J connectivity index is 2.94. The van der Waals surface area contributed by atoms with E-state index in [1.807, 2.05) is 0 Å². The molecule has 5 N–H and O–H groups in total. The van der Waals surface area contributed by atoms with Gasteiger partial charge < -0.3 is 16.8 Å². The Morgan fingerprint density at radius 1 is 1.29 bits per heavy atom. The molecule has 0 aliphatic carbocycles. The zero-order valence-corrected chi connectivity index (χ0v) is 10.3. The molecule has 1 aromatic rings. The van der Waals surface area contributed by atoms with E-state index in [4.69, 9.17) is 23.1 Å². The van der Waals surface area contributed by atoms with Crippen LogP contribution in [0, 0.1) is 0 Å². The topological polar surface area (TPSA) is 98.2 Å². The number of hydrogen-bond donors (Lipinski definition) is 3. The third-order valence-electron chi connectivity index (χ3n) is 2.22. The Bertz CT molecular complexity index is 452. The van der Waals surface area contributed by atoms with Crippen LogP contribution in [0.1, 0.15) is 24.2 Å². The molecule has 0 aliphatic rings. The first-order valence-corrected chi connectivity index (χ1v) is 5.28. The van der Waals surface area contributed by atoms with Crippen molar-refractivity contribution in [3.05, 3.63) is 28.8 Å². The highest BCUT2D eigenvalue weighted by Crippen LogP contribution is 2.17. The fourth-order valence-corrected chi connectivity index (χ4v) is 1.40. The van der Waals surface area contributed by atoms with Gasteiger partial charge in [-0.25, -0.2) is 0 Å². The lowest BCUT2D eigenvalue weighted by Crippen LogP contribution is -2.53. The van der Waals surface area contributed by atoms with Gasteiger partial charge in [0.2, 0.25) is 5.91 Å². The molecule has 0 spiro atoms. The van der Waals surface area contributed by atoms with Crippen LogP contribution in [0.25, 0.3) is 0 Å². The number of primary amides is 1. The highest BCUT2D eigenvalue weighted by molar-refractivity contribution is 6.31. The van der Waals surface area contributed by atoms with E-state index in [0.717, 1.165) is 0 Å². The first-order valence-electron chi connectivity index (χ1n) is 4.91. The van der Waals surface area contributed by atoms with Crippen molar-refractivity contribution in [2.24, 2.45) is 5.73 Å². The predicted molar refractivity (Wildman–Crippen MR) is 66.6 cm³/mol. The molecule has 0 bridgehead atoms. The third kappa shape index (κ3) is 3.35. The molecule has 0 radical (unpaired) electrons. The number of halogens is 1. The normalized spacial score (nSPS) is 11.0. The number of nitrogen functional groups attached to an aromatic ring is 1. The molecule has 0 atom stereocenters. The maximum atomic E-state index is 11.8. The molecule has 0 heterocycles. The van der Waals surface area contributed by atoms with E-state index in [1.54, 1.807) is 0 Å². The van der Waals surface area contributed by atoms with Crippen LogP contribution in [0.3, 0.4) is 0 Å². The minimum atomic E-state index is -1.13. The quantitative estimate of drug-likeness (QED) is 0.701. The summed E-state index contributed by atoms with van der Waals surface area (Å²) in [4.78, 5) is 22.9. The SMILES string of the molecule is CC(C)(NC(=O)c1cc(N)cc(Cl)c1)C(N)=O. The highest BCUT2D eigenvalue weighted by Gasteiger charge is 2.27. The van der Waals surface area contributed by atoms with Gasteiger partial charge in [-0.15, -0.1) is 0 Å². The molecule has 92 valence electrons. The number of carbonyl (C=O) groups is 2. The van der Waals surface area contributed by atoms with Crippen molar-refractivity contribution in [2.75, 3.05) is 5.73 Å².